The highest BCUT2D eigenvalue weighted by atomic mass is 16.5. The second kappa shape index (κ2) is 13.9. The van der Waals surface area contributed by atoms with Crippen molar-refractivity contribution < 1.29 is 23.9 Å². The van der Waals surface area contributed by atoms with E-state index in [1.807, 2.05) is 79.7 Å². The van der Waals surface area contributed by atoms with Crippen molar-refractivity contribution in [3.8, 4) is 11.5 Å². The van der Waals surface area contributed by atoms with Gasteiger partial charge < -0.3 is 14.4 Å². The number of nitrogens with zero attached hydrogens (tertiary/aromatic N) is 2. The number of benzene rings is 5. The molecule has 4 amide bonds. The lowest BCUT2D eigenvalue weighted by Gasteiger charge is -2.44. The summed E-state index contributed by atoms with van der Waals surface area (Å²) >= 11 is 0. The highest BCUT2D eigenvalue weighted by molar-refractivity contribution is 6.39. The Morgan fingerprint density at radius 3 is 2.04 bits per heavy atom. The van der Waals surface area contributed by atoms with Gasteiger partial charge in [-0.2, -0.15) is 0 Å². The Bertz CT molecular complexity index is 2140. The van der Waals surface area contributed by atoms with Crippen molar-refractivity contribution in [2.24, 2.45) is 0 Å². The molecule has 8 rings (SSSR count). The fourth-order valence-electron chi connectivity index (χ4n) is 7.86. The number of barbiturate groups is 1. The Morgan fingerprint density at radius 2 is 1.42 bits per heavy atom. The molecule has 0 spiro atoms. The average Bonchev–Trinajstić information content (AvgIpc) is 3.16. The van der Waals surface area contributed by atoms with E-state index in [4.69, 9.17) is 9.47 Å². The third-order valence-corrected chi connectivity index (χ3v) is 10.4. The average molecular weight is 690 g/mol. The van der Waals surface area contributed by atoms with E-state index in [-0.39, 0.29) is 24.0 Å². The standard InChI is InChI=1S/C44H39N3O5/c1-28-10-9-11-29(22-28)27-52-40-26-34(51-2)17-16-32(40)23-39-42(48)45-44(50)47(43(39)49)33-24-37-35(30-12-5-3-6-13-30)18-20-46-21-19-36(38(25-33)41(37)46)31-14-7-4-8-15-31/h3-17,22-26,35-36H,18-21,27H2,1-2H3,(H,45,48,50)/b39-23+/t35-,36+. The molecular formula is C44H39N3O5. The molecule has 0 radical (unpaired) electrons. The molecule has 8 heteroatoms. The van der Waals surface area contributed by atoms with Crippen molar-refractivity contribution in [3.05, 3.63) is 160 Å². The third kappa shape index (κ3) is 6.21. The number of rotatable bonds is 8. The summed E-state index contributed by atoms with van der Waals surface area (Å²) in [6, 6.07) is 37.2. The van der Waals surface area contributed by atoms with Crippen molar-refractivity contribution in [1.82, 2.24) is 5.32 Å². The van der Waals surface area contributed by atoms with Crippen LogP contribution in [0, 0.1) is 6.92 Å². The van der Waals surface area contributed by atoms with Gasteiger partial charge in [0, 0.05) is 42.2 Å². The zero-order chi connectivity index (χ0) is 35.8. The van der Waals surface area contributed by atoms with Crippen LogP contribution in [0.3, 0.4) is 0 Å². The lowest BCUT2D eigenvalue weighted by atomic mass is 9.76. The van der Waals surface area contributed by atoms with Crippen molar-refractivity contribution in [1.29, 1.82) is 0 Å². The molecule has 1 N–H and O–H groups in total. The molecule has 5 aromatic carbocycles. The Hall–Kier alpha value is -6.15. The van der Waals surface area contributed by atoms with Crippen LogP contribution >= 0.6 is 0 Å². The van der Waals surface area contributed by atoms with Crippen LogP contribution in [0.25, 0.3) is 6.08 Å². The van der Waals surface area contributed by atoms with E-state index in [1.165, 1.54) is 22.9 Å². The number of nitrogens with one attached hydrogen (secondary N) is 1. The second-order valence-corrected chi connectivity index (χ2v) is 13.6. The van der Waals surface area contributed by atoms with E-state index < -0.39 is 17.8 Å². The molecule has 8 nitrogen and oxygen atoms in total. The molecule has 260 valence electrons. The van der Waals surface area contributed by atoms with Crippen LogP contribution < -0.4 is 24.6 Å². The summed E-state index contributed by atoms with van der Waals surface area (Å²) < 4.78 is 11.7. The highest BCUT2D eigenvalue weighted by Gasteiger charge is 2.40. The molecule has 1 saturated heterocycles. The van der Waals surface area contributed by atoms with Gasteiger partial charge in [0.05, 0.1) is 12.8 Å². The van der Waals surface area contributed by atoms with Crippen molar-refractivity contribution in [2.45, 2.75) is 38.2 Å². The largest absolute Gasteiger partial charge is 0.497 e. The van der Waals surface area contributed by atoms with E-state index in [1.54, 1.807) is 25.3 Å². The second-order valence-electron chi connectivity index (χ2n) is 13.6. The molecule has 0 bridgehead atoms. The van der Waals surface area contributed by atoms with Gasteiger partial charge in [-0.05, 0) is 77.9 Å². The van der Waals surface area contributed by atoms with Gasteiger partial charge in [-0.25, -0.2) is 9.69 Å². The van der Waals surface area contributed by atoms with Crippen molar-refractivity contribution in [2.75, 3.05) is 30.0 Å². The first-order chi connectivity index (χ1) is 25.4. The van der Waals surface area contributed by atoms with Gasteiger partial charge in [-0.3, -0.25) is 14.9 Å². The zero-order valence-electron chi connectivity index (χ0n) is 29.2. The number of carbonyl (C=O) groups excluding carboxylic acids is 3. The fraction of sp³-hybridized carbons (Fsp3) is 0.205. The van der Waals surface area contributed by atoms with Gasteiger partial charge in [-0.1, -0.05) is 90.5 Å². The van der Waals surface area contributed by atoms with Gasteiger partial charge in [0.1, 0.15) is 23.7 Å². The number of urea groups is 1. The van der Waals surface area contributed by atoms with Gasteiger partial charge in [0.15, 0.2) is 0 Å². The molecule has 2 atom stereocenters. The van der Waals surface area contributed by atoms with E-state index in [0.717, 1.165) is 53.1 Å². The first kappa shape index (κ1) is 33.0. The summed E-state index contributed by atoms with van der Waals surface area (Å²) in [6.07, 6.45) is 3.30. The lowest BCUT2D eigenvalue weighted by molar-refractivity contribution is -0.122. The molecule has 0 aromatic heterocycles. The number of methoxy groups -OCH3 is 1. The molecule has 3 aliphatic rings. The molecule has 5 aromatic rings. The van der Waals surface area contributed by atoms with E-state index >= 15 is 0 Å². The number of hydrogen-bond acceptors (Lipinski definition) is 6. The van der Waals surface area contributed by atoms with Crippen LogP contribution in [0.1, 0.15) is 63.6 Å². The molecule has 3 aliphatic heterocycles. The van der Waals surface area contributed by atoms with Gasteiger partial charge in [0.25, 0.3) is 11.8 Å². The Labute approximate surface area is 303 Å². The van der Waals surface area contributed by atoms with E-state index in [9.17, 15) is 14.4 Å². The maximum absolute atomic E-state index is 14.5. The minimum Gasteiger partial charge on any atom is -0.497 e. The molecule has 52 heavy (non-hydrogen) atoms. The van der Waals surface area contributed by atoms with Crippen LogP contribution in [-0.4, -0.2) is 38.0 Å². The van der Waals surface area contributed by atoms with Crippen LogP contribution in [0.15, 0.2) is 121 Å². The van der Waals surface area contributed by atoms with Crippen LogP contribution in [-0.2, 0) is 16.2 Å². The van der Waals surface area contributed by atoms with E-state index in [0.29, 0.717) is 22.7 Å². The van der Waals surface area contributed by atoms with Gasteiger partial charge in [-0.15, -0.1) is 0 Å². The number of aryl methyl sites for hydroxylation is 1. The van der Waals surface area contributed by atoms with Gasteiger partial charge in [0.2, 0.25) is 0 Å². The number of anilines is 2. The highest BCUT2D eigenvalue weighted by Crippen LogP contribution is 2.50. The predicted molar refractivity (Wildman–Crippen MR) is 202 cm³/mol. The van der Waals surface area contributed by atoms with Gasteiger partial charge >= 0.3 is 6.03 Å². The molecule has 1 fully saturated rings. The minimum absolute atomic E-state index is 0.0766. The van der Waals surface area contributed by atoms with Crippen LogP contribution in [0.5, 0.6) is 11.5 Å². The number of carbonyl (C=O) groups is 3. The summed E-state index contributed by atoms with van der Waals surface area (Å²) in [5.74, 6) is -0.304. The SMILES string of the molecule is COc1ccc(/C=C2\C(=O)NC(=O)N(c3cc4c5c(c3)[C@H](c3ccccc3)CCN5CC[C@@H]4c3ccccc3)C2=O)c(OCc2cccc(C)c2)c1. The van der Waals surface area contributed by atoms with E-state index in [2.05, 4.69) is 34.5 Å². The quantitative estimate of drug-likeness (QED) is 0.131. The Kier molecular flexibility index (Phi) is 8.81. The smallest absolute Gasteiger partial charge is 0.335 e. The summed E-state index contributed by atoms with van der Waals surface area (Å²) in [6.45, 7) is 4.13. The van der Waals surface area contributed by atoms with Crippen molar-refractivity contribution in [3.63, 3.8) is 0 Å². The Morgan fingerprint density at radius 1 is 0.769 bits per heavy atom. The Balaban J connectivity index is 1.22. The number of ether oxygens (including phenoxy) is 2. The molecule has 0 unspecified atom stereocenters. The zero-order valence-corrected chi connectivity index (χ0v) is 29.2. The first-order valence-electron chi connectivity index (χ1n) is 17.7. The first-order valence-corrected chi connectivity index (χ1v) is 17.7. The van der Waals surface area contributed by atoms with Crippen LogP contribution in [0.2, 0.25) is 0 Å². The topological polar surface area (TPSA) is 88.2 Å². The minimum atomic E-state index is -0.777. The fourth-order valence-corrected chi connectivity index (χ4v) is 7.86. The normalized spacial score (nSPS) is 19.0. The summed E-state index contributed by atoms with van der Waals surface area (Å²) in [4.78, 5) is 45.1. The summed E-state index contributed by atoms with van der Waals surface area (Å²) in [5.41, 5.74) is 8.56. The predicted octanol–water partition coefficient (Wildman–Crippen LogP) is 8.13. The number of amides is 4. The molecule has 3 heterocycles. The third-order valence-electron chi connectivity index (χ3n) is 10.4. The maximum Gasteiger partial charge on any atom is 0.335 e. The number of hydrogen-bond donors (Lipinski definition) is 1. The lowest BCUT2D eigenvalue weighted by Crippen LogP contribution is -2.54. The maximum atomic E-state index is 14.5. The monoisotopic (exact) mass is 689 g/mol. The molecule has 0 saturated carbocycles. The summed E-state index contributed by atoms with van der Waals surface area (Å²) in [5, 5.41) is 2.44. The van der Waals surface area contributed by atoms with Crippen molar-refractivity contribution >= 4 is 35.3 Å². The number of imide groups is 2. The van der Waals surface area contributed by atoms with Crippen LogP contribution in [0.4, 0.5) is 16.2 Å². The molecule has 0 aliphatic carbocycles. The summed E-state index contributed by atoms with van der Waals surface area (Å²) in [7, 11) is 1.56. The molecular weight excluding hydrogens is 651 g/mol.